The second-order valence-corrected chi connectivity index (χ2v) is 3.70. The maximum Gasteiger partial charge on any atom is 0.184 e. The van der Waals surface area contributed by atoms with Gasteiger partial charge in [-0.3, -0.25) is 0 Å². The van der Waals surface area contributed by atoms with Crippen molar-refractivity contribution in [1.82, 2.24) is 0 Å². The smallest absolute Gasteiger partial charge is 0.184 e. The molecule has 2 nitrogen and oxygen atoms in total. The minimum atomic E-state index is -1.39. The van der Waals surface area contributed by atoms with E-state index in [9.17, 15) is 22.0 Å². The number of benzene rings is 2. The van der Waals surface area contributed by atoms with Crippen molar-refractivity contribution < 1.29 is 22.0 Å². The van der Waals surface area contributed by atoms with Gasteiger partial charge in [-0.2, -0.15) is 0 Å². The molecule has 0 aliphatic heterocycles. The molecule has 7 heteroatoms. The first-order valence-electron chi connectivity index (χ1n) is 5.05. The van der Waals surface area contributed by atoms with Crippen LogP contribution in [0.1, 0.15) is 0 Å². The summed E-state index contributed by atoms with van der Waals surface area (Å²) in [5, 5.41) is 1.99. The predicted octanol–water partition coefficient (Wildman–Crippen LogP) is 3.71. The Morgan fingerprint density at radius 3 is 1.95 bits per heavy atom. The molecule has 0 aliphatic rings. The van der Waals surface area contributed by atoms with Gasteiger partial charge in [-0.1, -0.05) is 0 Å². The van der Waals surface area contributed by atoms with E-state index in [1.54, 1.807) is 0 Å². The Bertz CT molecular complexity index is 619. The van der Waals surface area contributed by atoms with Gasteiger partial charge >= 0.3 is 0 Å². The predicted molar refractivity (Wildman–Crippen MR) is 60.4 cm³/mol. The maximum atomic E-state index is 13.5. The summed E-state index contributed by atoms with van der Waals surface area (Å²) in [6.07, 6.45) is 0. The Balaban J connectivity index is 2.51. The zero-order valence-corrected chi connectivity index (χ0v) is 9.28. The summed E-state index contributed by atoms with van der Waals surface area (Å²) in [6, 6.07) is 2.60. The van der Waals surface area contributed by atoms with Gasteiger partial charge in [0.25, 0.3) is 0 Å². The molecule has 2 aromatic carbocycles. The molecule has 0 unspecified atom stereocenters. The number of hydrogen-bond donors (Lipinski definition) is 2. The summed E-state index contributed by atoms with van der Waals surface area (Å²) in [5.41, 5.74) is 3.69. The Labute approximate surface area is 104 Å². The van der Waals surface area contributed by atoms with E-state index < -0.39 is 40.5 Å². The lowest BCUT2D eigenvalue weighted by Gasteiger charge is -2.12. The van der Waals surface area contributed by atoms with E-state index in [0.29, 0.717) is 12.1 Å². The number of halogens is 5. The van der Waals surface area contributed by atoms with Crippen molar-refractivity contribution in [2.75, 3.05) is 11.1 Å². The first kappa shape index (κ1) is 13.1. The number of nitrogens with two attached hydrogens (primary N) is 1. The van der Waals surface area contributed by atoms with Crippen LogP contribution in [0, 0.1) is 29.1 Å². The third-order valence-electron chi connectivity index (χ3n) is 2.38. The topological polar surface area (TPSA) is 38.0 Å². The SMILES string of the molecule is Nc1ccc(F)c(F)c1Nc1c(F)cc(F)cc1F. The first-order chi connectivity index (χ1) is 8.90. The molecule has 0 bridgehead atoms. The summed E-state index contributed by atoms with van der Waals surface area (Å²) in [6.45, 7) is 0. The quantitative estimate of drug-likeness (QED) is 0.647. The second kappa shape index (κ2) is 4.75. The lowest BCUT2D eigenvalue weighted by atomic mass is 10.2. The van der Waals surface area contributed by atoms with Gasteiger partial charge in [0.1, 0.15) is 17.2 Å². The molecule has 0 radical (unpaired) electrons. The molecule has 0 saturated heterocycles. The van der Waals surface area contributed by atoms with E-state index in [4.69, 9.17) is 5.73 Å². The lowest BCUT2D eigenvalue weighted by Crippen LogP contribution is -2.05. The minimum absolute atomic E-state index is 0.248. The van der Waals surface area contributed by atoms with Crippen LogP contribution in [-0.2, 0) is 0 Å². The van der Waals surface area contributed by atoms with Gasteiger partial charge in [0.05, 0.1) is 5.69 Å². The fraction of sp³-hybridized carbons (Fsp3) is 0. The molecule has 0 fully saturated rings. The van der Waals surface area contributed by atoms with Crippen molar-refractivity contribution in [3.8, 4) is 0 Å². The molecule has 19 heavy (non-hydrogen) atoms. The monoisotopic (exact) mass is 274 g/mol. The van der Waals surface area contributed by atoms with Crippen LogP contribution in [-0.4, -0.2) is 0 Å². The third-order valence-corrected chi connectivity index (χ3v) is 2.38. The lowest BCUT2D eigenvalue weighted by molar-refractivity contribution is 0.511. The Hall–Kier alpha value is -2.31. The number of nitrogens with one attached hydrogen (secondary N) is 1. The molecule has 0 spiro atoms. The summed E-state index contributed by atoms with van der Waals surface area (Å²) >= 11 is 0. The van der Waals surface area contributed by atoms with E-state index in [-0.39, 0.29) is 5.69 Å². The molecular formula is C12H7F5N2. The van der Waals surface area contributed by atoms with Gasteiger partial charge in [-0.25, -0.2) is 22.0 Å². The highest BCUT2D eigenvalue weighted by Crippen LogP contribution is 2.30. The number of hydrogen-bond acceptors (Lipinski definition) is 2. The normalized spacial score (nSPS) is 10.6. The minimum Gasteiger partial charge on any atom is -0.397 e. The van der Waals surface area contributed by atoms with Gasteiger partial charge in [-0.05, 0) is 12.1 Å². The van der Waals surface area contributed by atoms with Crippen LogP contribution < -0.4 is 11.1 Å². The Morgan fingerprint density at radius 1 is 0.789 bits per heavy atom. The van der Waals surface area contributed by atoms with Crippen molar-refractivity contribution >= 4 is 17.1 Å². The second-order valence-electron chi connectivity index (χ2n) is 3.70. The molecule has 0 aromatic heterocycles. The average molecular weight is 274 g/mol. The molecule has 0 atom stereocenters. The zero-order valence-electron chi connectivity index (χ0n) is 9.28. The van der Waals surface area contributed by atoms with Crippen LogP contribution in [0.25, 0.3) is 0 Å². The van der Waals surface area contributed by atoms with E-state index in [2.05, 4.69) is 0 Å². The van der Waals surface area contributed by atoms with Crippen LogP contribution in [0.2, 0.25) is 0 Å². The van der Waals surface area contributed by atoms with Gasteiger partial charge in [-0.15, -0.1) is 0 Å². The van der Waals surface area contributed by atoms with Gasteiger partial charge in [0, 0.05) is 12.1 Å². The highest BCUT2D eigenvalue weighted by atomic mass is 19.2. The third kappa shape index (κ3) is 2.44. The molecule has 0 saturated carbocycles. The molecule has 100 valence electrons. The summed E-state index contributed by atoms with van der Waals surface area (Å²) in [4.78, 5) is 0. The summed E-state index contributed by atoms with van der Waals surface area (Å²) in [7, 11) is 0. The van der Waals surface area contributed by atoms with E-state index in [0.717, 1.165) is 12.1 Å². The Kier molecular flexibility index (Phi) is 3.28. The molecule has 2 aromatic rings. The van der Waals surface area contributed by atoms with Crippen LogP contribution in [0.4, 0.5) is 39.0 Å². The van der Waals surface area contributed by atoms with Crippen LogP contribution in [0.3, 0.4) is 0 Å². The van der Waals surface area contributed by atoms with Crippen molar-refractivity contribution in [3.05, 3.63) is 53.4 Å². The maximum absolute atomic E-state index is 13.5. The van der Waals surface area contributed by atoms with Gasteiger partial charge < -0.3 is 11.1 Å². The largest absolute Gasteiger partial charge is 0.397 e. The van der Waals surface area contributed by atoms with Crippen molar-refractivity contribution in [2.24, 2.45) is 0 Å². The number of nitrogen functional groups attached to an aromatic ring is 1. The van der Waals surface area contributed by atoms with Crippen molar-refractivity contribution in [3.63, 3.8) is 0 Å². The molecule has 0 heterocycles. The highest BCUT2D eigenvalue weighted by Gasteiger charge is 2.17. The molecule has 0 aliphatic carbocycles. The number of rotatable bonds is 2. The van der Waals surface area contributed by atoms with Crippen LogP contribution >= 0.6 is 0 Å². The van der Waals surface area contributed by atoms with Gasteiger partial charge in [0.15, 0.2) is 23.3 Å². The highest BCUT2D eigenvalue weighted by molar-refractivity contribution is 5.73. The van der Waals surface area contributed by atoms with Crippen LogP contribution in [0.15, 0.2) is 24.3 Å². The average Bonchev–Trinajstić information content (AvgIpc) is 2.32. The van der Waals surface area contributed by atoms with E-state index in [1.807, 2.05) is 5.32 Å². The van der Waals surface area contributed by atoms with Crippen LogP contribution in [0.5, 0.6) is 0 Å². The number of anilines is 3. The van der Waals surface area contributed by atoms with E-state index in [1.165, 1.54) is 0 Å². The molecule has 2 rings (SSSR count). The van der Waals surface area contributed by atoms with Crippen molar-refractivity contribution in [1.29, 1.82) is 0 Å². The fourth-order valence-electron chi connectivity index (χ4n) is 1.48. The Morgan fingerprint density at radius 2 is 1.37 bits per heavy atom. The molecular weight excluding hydrogens is 267 g/mol. The van der Waals surface area contributed by atoms with E-state index >= 15 is 0 Å². The van der Waals surface area contributed by atoms with Gasteiger partial charge in [0.2, 0.25) is 0 Å². The standard InChI is InChI=1S/C12H7F5N2/c13-5-3-7(15)11(8(16)4-5)19-12-9(18)2-1-6(14)10(12)17/h1-4,19H,18H2. The molecule has 3 N–H and O–H groups in total. The fourth-order valence-corrected chi connectivity index (χ4v) is 1.48. The first-order valence-corrected chi connectivity index (χ1v) is 5.05. The molecule has 0 amide bonds. The zero-order chi connectivity index (χ0) is 14.2. The summed E-state index contributed by atoms with van der Waals surface area (Å²) in [5.74, 6) is -6.34. The van der Waals surface area contributed by atoms with Crippen molar-refractivity contribution in [2.45, 2.75) is 0 Å². The summed E-state index contributed by atoms with van der Waals surface area (Å²) < 4.78 is 65.9.